The largest absolute Gasteiger partial charge is 0.358 e. The summed E-state index contributed by atoms with van der Waals surface area (Å²) in [4.78, 5) is 25.2. The molecule has 3 heterocycles. The molecule has 0 saturated carbocycles. The number of nitrogens with zero attached hydrogens (tertiary/aromatic N) is 3. The number of piperidine rings is 1. The topological polar surface area (TPSA) is 104 Å². The van der Waals surface area contributed by atoms with Gasteiger partial charge in [0.05, 0.1) is 12.1 Å². The van der Waals surface area contributed by atoms with Crippen LogP contribution < -0.4 is 10.2 Å². The van der Waals surface area contributed by atoms with Crippen LogP contribution in [-0.2, 0) is 5.41 Å². The number of nitrogens with one attached hydrogen (secondary N) is 2. The number of rotatable bonds is 4. The maximum absolute atomic E-state index is 14.1. The highest BCUT2D eigenvalue weighted by Gasteiger charge is 2.53. The number of carbonyl (C=O) groups is 1. The molecule has 2 aliphatic rings. The number of fused-ring (bicyclic) bond motifs is 2. The molecule has 1 amide bonds. The maximum Gasteiger partial charge on any atom is 0.343 e. The van der Waals surface area contributed by atoms with E-state index in [-0.39, 0.29) is 23.4 Å². The summed E-state index contributed by atoms with van der Waals surface area (Å²) in [7, 11) is 0. The number of H-pyrrole nitrogens is 1. The zero-order chi connectivity index (χ0) is 19.9. The second-order valence-corrected chi connectivity index (χ2v) is 7.18. The standard InChI is InChI=1S/C19H20FN5O3/c1-2-3-16-19(6-8-21-9-7-19)13-10-12(20)4-5-15(13)24(16)18(26)14-11-17(23-22-14)25(27)28/h2,4-5,10-11,16,21H,1,3,6-9H2,(H,22,23)/t16-/m1/s1. The number of nitro groups is 1. The Morgan fingerprint density at radius 3 is 2.82 bits per heavy atom. The first-order chi connectivity index (χ1) is 13.5. The van der Waals surface area contributed by atoms with E-state index < -0.39 is 16.2 Å². The molecular formula is C19H20FN5O3. The highest BCUT2D eigenvalue weighted by atomic mass is 19.1. The fourth-order valence-electron chi connectivity index (χ4n) is 4.56. The van der Waals surface area contributed by atoms with Gasteiger partial charge in [-0.05, 0) is 61.0 Å². The fourth-order valence-corrected chi connectivity index (χ4v) is 4.56. The van der Waals surface area contributed by atoms with Gasteiger partial charge in [-0.15, -0.1) is 11.7 Å². The highest BCUT2D eigenvalue weighted by molar-refractivity contribution is 6.07. The predicted molar refractivity (Wildman–Crippen MR) is 101 cm³/mol. The summed E-state index contributed by atoms with van der Waals surface area (Å²) in [6.07, 6.45) is 3.79. The third-order valence-electron chi connectivity index (χ3n) is 5.79. The van der Waals surface area contributed by atoms with Crippen molar-refractivity contribution in [1.82, 2.24) is 15.5 Å². The molecule has 1 spiro atoms. The lowest BCUT2D eigenvalue weighted by atomic mass is 9.69. The Kier molecular flexibility index (Phi) is 4.46. The van der Waals surface area contributed by atoms with Gasteiger partial charge in [-0.2, -0.15) is 0 Å². The Labute approximate surface area is 160 Å². The first kappa shape index (κ1) is 18.3. The lowest BCUT2D eigenvalue weighted by molar-refractivity contribution is -0.389. The van der Waals surface area contributed by atoms with Crippen LogP contribution in [0.3, 0.4) is 0 Å². The number of aromatic amines is 1. The van der Waals surface area contributed by atoms with Crippen molar-refractivity contribution in [2.45, 2.75) is 30.7 Å². The van der Waals surface area contributed by atoms with Crippen molar-refractivity contribution >= 4 is 17.4 Å². The van der Waals surface area contributed by atoms with Gasteiger partial charge >= 0.3 is 5.82 Å². The predicted octanol–water partition coefficient (Wildman–Crippen LogP) is 2.68. The van der Waals surface area contributed by atoms with Gasteiger partial charge in [0.1, 0.15) is 5.82 Å². The Balaban J connectivity index is 1.84. The molecule has 1 fully saturated rings. The number of aromatic nitrogens is 2. The number of halogens is 1. The number of benzene rings is 1. The molecule has 2 N–H and O–H groups in total. The second-order valence-electron chi connectivity index (χ2n) is 7.18. The van der Waals surface area contributed by atoms with E-state index in [1.807, 2.05) is 0 Å². The summed E-state index contributed by atoms with van der Waals surface area (Å²) in [5.74, 6) is -1.14. The summed E-state index contributed by atoms with van der Waals surface area (Å²) in [6, 6.07) is 5.32. The maximum atomic E-state index is 14.1. The molecule has 1 aromatic heterocycles. The van der Waals surface area contributed by atoms with E-state index in [9.17, 15) is 19.3 Å². The molecule has 2 aliphatic heterocycles. The molecule has 4 rings (SSSR count). The lowest BCUT2D eigenvalue weighted by Gasteiger charge is -2.41. The van der Waals surface area contributed by atoms with Gasteiger partial charge in [0.25, 0.3) is 5.91 Å². The van der Waals surface area contributed by atoms with Gasteiger partial charge in [0, 0.05) is 11.1 Å². The smallest absolute Gasteiger partial charge is 0.343 e. The molecular weight excluding hydrogens is 365 g/mol. The van der Waals surface area contributed by atoms with Gasteiger partial charge in [-0.3, -0.25) is 4.79 Å². The van der Waals surface area contributed by atoms with Crippen LogP contribution in [-0.4, -0.2) is 40.2 Å². The Bertz CT molecular complexity index is 951. The van der Waals surface area contributed by atoms with Crippen LogP contribution in [0.25, 0.3) is 0 Å². The van der Waals surface area contributed by atoms with Gasteiger partial charge in [-0.1, -0.05) is 11.2 Å². The Morgan fingerprint density at radius 2 is 2.18 bits per heavy atom. The van der Waals surface area contributed by atoms with E-state index in [1.165, 1.54) is 12.1 Å². The molecule has 1 aromatic carbocycles. The summed E-state index contributed by atoms with van der Waals surface area (Å²) in [5.41, 5.74) is 1.00. The number of amides is 1. The normalized spacial score (nSPS) is 20.2. The van der Waals surface area contributed by atoms with Crippen molar-refractivity contribution in [3.05, 3.63) is 64.1 Å². The minimum Gasteiger partial charge on any atom is -0.358 e. The number of hydrogen-bond donors (Lipinski definition) is 2. The number of carbonyl (C=O) groups excluding carboxylic acids is 1. The molecule has 0 unspecified atom stereocenters. The first-order valence-corrected chi connectivity index (χ1v) is 9.13. The van der Waals surface area contributed by atoms with Crippen molar-refractivity contribution in [3.8, 4) is 0 Å². The third kappa shape index (κ3) is 2.70. The van der Waals surface area contributed by atoms with Crippen LogP contribution in [0, 0.1) is 15.9 Å². The summed E-state index contributed by atoms with van der Waals surface area (Å²) >= 11 is 0. The van der Waals surface area contributed by atoms with Crippen molar-refractivity contribution in [3.63, 3.8) is 0 Å². The van der Waals surface area contributed by atoms with E-state index in [0.29, 0.717) is 12.1 Å². The fraction of sp³-hybridized carbons (Fsp3) is 0.368. The van der Waals surface area contributed by atoms with Crippen LogP contribution >= 0.6 is 0 Å². The lowest BCUT2D eigenvalue weighted by Crippen LogP contribution is -2.51. The highest BCUT2D eigenvalue weighted by Crippen LogP contribution is 2.52. The van der Waals surface area contributed by atoms with Crippen LogP contribution in [0.5, 0.6) is 0 Å². The number of hydrogen-bond acceptors (Lipinski definition) is 5. The zero-order valence-electron chi connectivity index (χ0n) is 15.2. The average Bonchev–Trinajstić information content (AvgIpc) is 3.27. The second kappa shape index (κ2) is 6.83. The Hall–Kier alpha value is -3.07. The van der Waals surface area contributed by atoms with Crippen molar-refractivity contribution in [2.75, 3.05) is 18.0 Å². The molecule has 2 aromatic rings. The summed E-state index contributed by atoms with van der Waals surface area (Å²) in [5, 5.41) is 20.4. The van der Waals surface area contributed by atoms with E-state index in [4.69, 9.17) is 0 Å². The van der Waals surface area contributed by atoms with E-state index in [2.05, 4.69) is 22.1 Å². The molecule has 1 saturated heterocycles. The average molecular weight is 385 g/mol. The van der Waals surface area contributed by atoms with Gasteiger partial charge in [-0.25, -0.2) is 4.39 Å². The van der Waals surface area contributed by atoms with Gasteiger partial charge in [0.2, 0.25) is 0 Å². The monoisotopic (exact) mass is 385 g/mol. The van der Waals surface area contributed by atoms with Crippen molar-refractivity contribution in [2.24, 2.45) is 0 Å². The molecule has 8 nitrogen and oxygen atoms in total. The van der Waals surface area contributed by atoms with Crippen LogP contribution in [0.15, 0.2) is 36.9 Å². The van der Waals surface area contributed by atoms with Crippen LogP contribution in [0.1, 0.15) is 35.3 Å². The first-order valence-electron chi connectivity index (χ1n) is 9.13. The van der Waals surface area contributed by atoms with Crippen molar-refractivity contribution < 1.29 is 14.1 Å². The minimum atomic E-state index is -0.632. The zero-order valence-corrected chi connectivity index (χ0v) is 15.2. The van der Waals surface area contributed by atoms with E-state index >= 15 is 0 Å². The quantitative estimate of drug-likeness (QED) is 0.478. The third-order valence-corrected chi connectivity index (χ3v) is 5.79. The van der Waals surface area contributed by atoms with Gasteiger partial charge < -0.3 is 20.3 Å². The summed E-state index contributed by atoms with van der Waals surface area (Å²) < 4.78 is 14.1. The molecule has 28 heavy (non-hydrogen) atoms. The van der Waals surface area contributed by atoms with Gasteiger partial charge in [0.15, 0.2) is 5.69 Å². The molecule has 0 radical (unpaired) electrons. The van der Waals surface area contributed by atoms with Crippen molar-refractivity contribution in [1.29, 1.82) is 0 Å². The minimum absolute atomic E-state index is 0.0398. The van der Waals surface area contributed by atoms with E-state index in [1.54, 1.807) is 17.0 Å². The molecule has 0 aliphatic carbocycles. The SMILES string of the molecule is C=CC[C@H]1N(C(=O)c2cc([N+](=O)[O-])[nH]n2)c2ccc(F)cc2C12CCNCC2. The summed E-state index contributed by atoms with van der Waals surface area (Å²) in [6.45, 7) is 5.36. The Morgan fingerprint density at radius 1 is 1.43 bits per heavy atom. The molecule has 146 valence electrons. The van der Waals surface area contributed by atoms with Crippen LogP contribution in [0.2, 0.25) is 0 Å². The van der Waals surface area contributed by atoms with E-state index in [0.717, 1.165) is 37.6 Å². The molecule has 0 bridgehead atoms. The molecule has 9 heteroatoms. The van der Waals surface area contributed by atoms with Crippen LogP contribution in [0.4, 0.5) is 15.9 Å². The number of anilines is 1. The molecule has 1 atom stereocenters.